The number of carbonyl (C=O) groups excluding carboxylic acids is 1. The highest BCUT2D eigenvalue weighted by Gasteiger charge is 2.24. The van der Waals surface area contributed by atoms with Crippen LogP contribution in [0.3, 0.4) is 0 Å². The number of likely N-dealkylation sites (N-methyl/N-ethyl adjacent to an activating group) is 1. The fraction of sp³-hybridized carbons (Fsp3) is 0.611. The van der Waals surface area contributed by atoms with E-state index in [-0.39, 0.29) is 12.0 Å². The molecule has 0 radical (unpaired) electrons. The first-order chi connectivity index (χ1) is 10.5. The van der Waals surface area contributed by atoms with Gasteiger partial charge < -0.3 is 14.5 Å². The Morgan fingerprint density at radius 3 is 2.59 bits per heavy atom. The van der Waals surface area contributed by atoms with Crippen LogP contribution in [0.25, 0.3) is 0 Å². The summed E-state index contributed by atoms with van der Waals surface area (Å²) in [6, 6.07) is 8.20. The molecule has 0 saturated carbocycles. The lowest BCUT2D eigenvalue weighted by Gasteiger charge is -2.35. The van der Waals surface area contributed by atoms with E-state index in [9.17, 15) is 4.79 Å². The Morgan fingerprint density at radius 2 is 1.95 bits per heavy atom. The molecule has 1 amide bonds. The summed E-state index contributed by atoms with van der Waals surface area (Å²) in [7, 11) is 4.07. The first kappa shape index (κ1) is 16.8. The van der Waals surface area contributed by atoms with Crippen molar-refractivity contribution in [3.05, 3.63) is 29.8 Å². The van der Waals surface area contributed by atoms with E-state index in [1.54, 1.807) is 0 Å². The van der Waals surface area contributed by atoms with Crippen LogP contribution in [-0.4, -0.2) is 55.0 Å². The second kappa shape index (κ2) is 7.63. The minimum absolute atomic E-state index is 0.114. The summed E-state index contributed by atoms with van der Waals surface area (Å²) in [5.41, 5.74) is 0.973. The van der Waals surface area contributed by atoms with Gasteiger partial charge in [0.05, 0.1) is 12.5 Å². The molecule has 0 bridgehead atoms. The number of ether oxygens (including phenoxy) is 1. The quantitative estimate of drug-likeness (QED) is 0.838. The highest BCUT2D eigenvalue weighted by molar-refractivity contribution is 5.79. The van der Waals surface area contributed by atoms with E-state index in [4.69, 9.17) is 4.74 Å². The minimum Gasteiger partial charge on any atom is -0.491 e. The zero-order valence-electron chi connectivity index (χ0n) is 14.2. The number of benzene rings is 1. The van der Waals surface area contributed by atoms with Gasteiger partial charge in [0.25, 0.3) is 0 Å². The van der Waals surface area contributed by atoms with Gasteiger partial charge in [-0.3, -0.25) is 4.79 Å². The Balaban J connectivity index is 1.99. The van der Waals surface area contributed by atoms with E-state index >= 15 is 0 Å². The van der Waals surface area contributed by atoms with Gasteiger partial charge in [-0.05, 0) is 52.9 Å². The Morgan fingerprint density at radius 1 is 1.32 bits per heavy atom. The molecule has 0 unspecified atom stereocenters. The van der Waals surface area contributed by atoms with Crippen molar-refractivity contribution in [3.63, 3.8) is 0 Å². The van der Waals surface area contributed by atoms with E-state index in [2.05, 4.69) is 11.9 Å². The summed E-state index contributed by atoms with van der Waals surface area (Å²) in [4.78, 5) is 16.8. The van der Waals surface area contributed by atoms with Gasteiger partial charge in [-0.15, -0.1) is 0 Å². The lowest BCUT2D eigenvalue weighted by Crippen LogP contribution is -2.45. The maximum Gasteiger partial charge on any atom is 0.227 e. The molecule has 0 aliphatic carbocycles. The molecule has 0 aromatic heterocycles. The molecule has 22 heavy (non-hydrogen) atoms. The highest BCUT2D eigenvalue weighted by atomic mass is 16.5. The van der Waals surface area contributed by atoms with Gasteiger partial charge in [-0.25, -0.2) is 0 Å². The van der Waals surface area contributed by atoms with Gasteiger partial charge in [0.1, 0.15) is 5.75 Å². The predicted molar refractivity (Wildman–Crippen MR) is 89.2 cm³/mol. The molecule has 0 N–H and O–H groups in total. The normalized spacial score (nSPS) is 16.8. The van der Waals surface area contributed by atoms with E-state index in [1.165, 1.54) is 0 Å². The number of hydrogen-bond acceptors (Lipinski definition) is 3. The van der Waals surface area contributed by atoms with E-state index in [1.807, 2.05) is 50.1 Å². The molecular weight excluding hydrogens is 276 g/mol. The van der Waals surface area contributed by atoms with Crippen LogP contribution in [0.4, 0.5) is 0 Å². The van der Waals surface area contributed by atoms with Crippen LogP contribution in [0, 0.1) is 0 Å². The lowest BCUT2D eigenvalue weighted by molar-refractivity contribution is -0.132. The number of likely N-dealkylation sites (tertiary alicyclic amines) is 1. The fourth-order valence-corrected chi connectivity index (χ4v) is 2.89. The van der Waals surface area contributed by atoms with Gasteiger partial charge in [-0.1, -0.05) is 18.2 Å². The Bertz CT molecular complexity index is 494. The molecule has 0 spiro atoms. The van der Waals surface area contributed by atoms with Crippen LogP contribution in [0.5, 0.6) is 5.75 Å². The van der Waals surface area contributed by atoms with Crippen molar-refractivity contribution in [2.45, 2.75) is 45.3 Å². The van der Waals surface area contributed by atoms with Gasteiger partial charge >= 0.3 is 0 Å². The third-order valence-corrected chi connectivity index (χ3v) is 4.31. The third-order valence-electron chi connectivity index (χ3n) is 4.31. The molecule has 1 aliphatic heterocycles. The second-order valence-corrected chi connectivity index (χ2v) is 6.49. The molecule has 1 fully saturated rings. The Kier molecular flexibility index (Phi) is 5.83. The van der Waals surface area contributed by atoms with Gasteiger partial charge in [0, 0.05) is 18.7 Å². The number of para-hydroxylation sites is 1. The van der Waals surface area contributed by atoms with Crippen molar-refractivity contribution in [2.75, 3.05) is 27.2 Å². The molecular formula is C18H28N2O2. The lowest BCUT2D eigenvalue weighted by atomic mass is 10.0. The largest absolute Gasteiger partial charge is 0.491 e. The summed E-state index contributed by atoms with van der Waals surface area (Å²) in [5, 5.41) is 0. The second-order valence-electron chi connectivity index (χ2n) is 6.49. The maximum atomic E-state index is 12.6. The van der Waals surface area contributed by atoms with Crippen LogP contribution in [-0.2, 0) is 11.2 Å². The molecule has 4 nitrogen and oxygen atoms in total. The molecule has 1 aromatic carbocycles. The Hall–Kier alpha value is -1.55. The van der Waals surface area contributed by atoms with Crippen LogP contribution >= 0.6 is 0 Å². The van der Waals surface area contributed by atoms with Crippen LogP contribution < -0.4 is 4.74 Å². The van der Waals surface area contributed by atoms with Gasteiger partial charge in [0.15, 0.2) is 0 Å². The summed E-state index contributed by atoms with van der Waals surface area (Å²) in [6.07, 6.45) is 2.64. The standard InChI is InChI=1S/C18H28N2O2/c1-14(2)22-17-8-6-5-7-15(17)13-18(21)20(4)16-9-11-19(3)12-10-16/h5-8,14,16H,9-13H2,1-4H3. The number of amides is 1. The number of rotatable bonds is 5. The monoisotopic (exact) mass is 304 g/mol. The van der Waals surface area contributed by atoms with Gasteiger partial charge in [-0.2, -0.15) is 0 Å². The SMILES string of the molecule is CC(C)Oc1ccccc1CC(=O)N(C)C1CCN(C)CC1. The third kappa shape index (κ3) is 4.47. The predicted octanol–water partition coefficient (Wildman–Crippen LogP) is 2.57. The first-order valence-corrected chi connectivity index (χ1v) is 8.16. The summed E-state index contributed by atoms with van der Waals surface area (Å²) >= 11 is 0. The van der Waals surface area contributed by atoms with Crippen molar-refractivity contribution in [2.24, 2.45) is 0 Å². The van der Waals surface area contributed by atoms with E-state index in [0.717, 1.165) is 37.2 Å². The van der Waals surface area contributed by atoms with Crippen molar-refractivity contribution in [1.29, 1.82) is 0 Å². The first-order valence-electron chi connectivity index (χ1n) is 8.16. The average Bonchev–Trinajstić information content (AvgIpc) is 2.48. The summed E-state index contributed by atoms with van der Waals surface area (Å²) < 4.78 is 5.81. The molecule has 4 heteroatoms. The van der Waals surface area contributed by atoms with Crippen LogP contribution in [0.1, 0.15) is 32.3 Å². The summed E-state index contributed by atoms with van der Waals surface area (Å²) in [5.74, 6) is 0.997. The molecule has 2 rings (SSSR count). The van der Waals surface area contributed by atoms with Crippen molar-refractivity contribution in [1.82, 2.24) is 9.80 Å². The fourth-order valence-electron chi connectivity index (χ4n) is 2.89. The van der Waals surface area contributed by atoms with E-state index in [0.29, 0.717) is 12.5 Å². The molecule has 1 aromatic rings. The van der Waals surface area contributed by atoms with Gasteiger partial charge in [0.2, 0.25) is 5.91 Å². The molecule has 122 valence electrons. The molecule has 1 aliphatic rings. The highest BCUT2D eigenvalue weighted by Crippen LogP contribution is 2.22. The zero-order valence-corrected chi connectivity index (χ0v) is 14.2. The number of nitrogens with zero attached hydrogens (tertiary/aromatic N) is 2. The Labute approximate surface area is 134 Å². The minimum atomic E-state index is 0.114. The van der Waals surface area contributed by atoms with Crippen molar-refractivity contribution < 1.29 is 9.53 Å². The van der Waals surface area contributed by atoms with Crippen molar-refractivity contribution >= 4 is 5.91 Å². The number of hydrogen-bond donors (Lipinski definition) is 0. The molecule has 1 saturated heterocycles. The average molecular weight is 304 g/mol. The number of piperidine rings is 1. The molecule has 0 atom stereocenters. The van der Waals surface area contributed by atoms with Crippen LogP contribution in [0.15, 0.2) is 24.3 Å². The summed E-state index contributed by atoms with van der Waals surface area (Å²) in [6.45, 7) is 6.14. The topological polar surface area (TPSA) is 32.8 Å². The van der Waals surface area contributed by atoms with Crippen LogP contribution in [0.2, 0.25) is 0 Å². The smallest absolute Gasteiger partial charge is 0.227 e. The number of carbonyl (C=O) groups is 1. The maximum absolute atomic E-state index is 12.6. The zero-order chi connectivity index (χ0) is 16.1. The molecule has 1 heterocycles. The van der Waals surface area contributed by atoms with Crippen molar-refractivity contribution in [3.8, 4) is 5.75 Å². The van der Waals surface area contributed by atoms with E-state index < -0.39 is 0 Å².